The van der Waals surface area contributed by atoms with Crippen LogP contribution in [0.2, 0.25) is 10.0 Å². The summed E-state index contributed by atoms with van der Waals surface area (Å²) in [5.41, 5.74) is 3.33. The monoisotopic (exact) mass is 839 g/mol. The number of amidine groups is 1. The molecule has 2 atom stereocenters. The molecule has 3 amide bonds. The zero-order chi connectivity index (χ0) is 40.3. The van der Waals surface area contributed by atoms with Gasteiger partial charge >= 0.3 is 12.0 Å². The predicted molar refractivity (Wildman–Crippen MR) is 220 cm³/mol. The number of urea groups is 1. The van der Waals surface area contributed by atoms with Crippen LogP contribution in [0.25, 0.3) is 0 Å². The molecule has 5 aromatic rings. The summed E-state index contributed by atoms with van der Waals surface area (Å²) in [6.07, 6.45) is 1.67. The summed E-state index contributed by atoms with van der Waals surface area (Å²) in [7, 11) is 1.30. The van der Waals surface area contributed by atoms with Gasteiger partial charge < -0.3 is 25.0 Å². The van der Waals surface area contributed by atoms with Crippen molar-refractivity contribution in [2.45, 2.75) is 18.6 Å². The number of carbonyl (C=O) groups excluding carboxylic acids is 3. The summed E-state index contributed by atoms with van der Waals surface area (Å²) in [6.45, 7) is 2.68. The number of amides is 3. The summed E-state index contributed by atoms with van der Waals surface area (Å²) < 4.78 is 25.4. The first-order valence-corrected chi connectivity index (χ1v) is 20.0. The normalized spacial score (nSPS) is 18.1. The van der Waals surface area contributed by atoms with Crippen molar-refractivity contribution < 1.29 is 28.2 Å². The molecule has 8 rings (SSSR count). The number of nitrogens with one attached hydrogen (secondary N) is 2. The fourth-order valence-electron chi connectivity index (χ4n) is 7.25. The molecule has 0 bridgehead atoms. The van der Waals surface area contributed by atoms with Crippen LogP contribution >= 0.6 is 34.5 Å². The Kier molecular flexibility index (Phi) is 11.4. The van der Waals surface area contributed by atoms with Crippen molar-refractivity contribution in [1.82, 2.24) is 25.4 Å². The lowest BCUT2D eigenvalue weighted by atomic mass is 9.95. The van der Waals surface area contributed by atoms with Gasteiger partial charge in [-0.25, -0.2) is 19.0 Å². The molecule has 3 aliphatic rings. The summed E-state index contributed by atoms with van der Waals surface area (Å²) in [4.78, 5) is 54.8. The number of ether oxygens (including phenoxy) is 2. The maximum absolute atomic E-state index is 14.1. The zero-order valence-electron chi connectivity index (χ0n) is 31.0. The highest BCUT2D eigenvalue weighted by molar-refractivity contribution is 7.11. The highest BCUT2D eigenvalue weighted by Gasteiger charge is 2.42. The SMILES string of the molecule is COC(=O)C1=C(CN2CCN3C(=O)N(c4ccc(Oc5ccc(C(=O)NCc6ccccc6Cl)cc5)cc4)CC3C2)NC(c2nccs2)=NC1c1ccc(F)cc1Cl. The van der Waals surface area contributed by atoms with Gasteiger partial charge in [0.2, 0.25) is 0 Å². The van der Waals surface area contributed by atoms with Gasteiger partial charge in [0.05, 0.1) is 18.7 Å². The molecule has 1 aromatic heterocycles. The molecule has 12 nitrogen and oxygen atoms in total. The van der Waals surface area contributed by atoms with E-state index in [1.54, 1.807) is 53.6 Å². The number of fused-ring (bicyclic) bond motifs is 1. The second-order valence-electron chi connectivity index (χ2n) is 13.8. The third-order valence-electron chi connectivity index (χ3n) is 10.1. The van der Waals surface area contributed by atoms with Crippen LogP contribution in [0.3, 0.4) is 0 Å². The van der Waals surface area contributed by atoms with E-state index < -0.39 is 17.8 Å². The van der Waals surface area contributed by atoms with Crippen LogP contribution in [0.4, 0.5) is 14.9 Å². The Morgan fingerprint density at radius 1 is 0.966 bits per heavy atom. The van der Waals surface area contributed by atoms with E-state index in [4.69, 9.17) is 37.7 Å². The number of esters is 1. The van der Waals surface area contributed by atoms with Crippen molar-refractivity contribution in [3.05, 3.63) is 151 Å². The maximum atomic E-state index is 14.1. The lowest BCUT2D eigenvalue weighted by molar-refractivity contribution is -0.136. The minimum Gasteiger partial charge on any atom is -0.466 e. The number of benzene rings is 4. The summed E-state index contributed by atoms with van der Waals surface area (Å²) in [5, 5.41) is 9.39. The van der Waals surface area contributed by atoms with Crippen LogP contribution < -0.4 is 20.3 Å². The number of thiazole rings is 1. The molecular weight excluding hydrogens is 804 g/mol. The maximum Gasteiger partial charge on any atom is 0.338 e. The van der Waals surface area contributed by atoms with E-state index in [1.165, 1.54) is 36.6 Å². The Bertz CT molecular complexity index is 2410. The van der Waals surface area contributed by atoms with Crippen molar-refractivity contribution in [3.8, 4) is 11.5 Å². The number of halogens is 3. The van der Waals surface area contributed by atoms with Crippen LogP contribution in [0.1, 0.15) is 32.5 Å². The molecule has 0 radical (unpaired) electrons. The summed E-state index contributed by atoms with van der Waals surface area (Å²) in [5.74, 6) is 0.268. The minimum atomic E-state index is -0.871. The molecule has 2 saturated heterocycles. The molecule has 4 heterocycles. The van der Waals surface area contributed by atoms with Gasteiger partial charge in [-0.2, -0.15) is 0 Å². The number of nitrogens with zero attached hydrogens (tertiary/aromatic N) is 5. The van der Waals surface area contributed by atoms with Crippen molar-refractivity contribution >= 4 is 64.0 Å². The van der Waals surface area contributed by atoms with Crippen LogP contribution in [0.5, 0.6) is 11.5 Å². The second-order valence-corrected chi connectivity index (χ2v) is 15.5. The first-order chi connectivity index (χ1) is 28.1. The highest BCUT2D eigenvalue weighted by atomic mass is 35.5. The third kappa shape index (κ3) is 8.27. The molecule has 2 N–H and O–H groups in total. The Morgan fingerprint density at radius 3 is 2.43 bits per heavy atom. The number of hydrogen-bond donors (Lipinski definition) is 2. The Hall–Kier alpha value is -5.80. The Labute approximate surface area is 347 Å². The van der Waals surface area contributed by atoms with Crippen LogP contribution in [0, 0.1) is 5.82 Å². The second kappa shape index (κ2) is 17.0. The number of aromatic nitrogens is 1. The summed E-state index contributed by atoms with van der Waals surface area (Å²) >= 11 is 14.1. The van der Waals surface area contributed by atoms with Gasteiger partial charge in [-0.3, -0.25) is 19.6 Å². The average molecular weight is 841 g/mol. The molecule has 296 valence electrons. The zero-order valence-corrected chi connectivity index (χ0v) is 33.4. The third-order valence-corrected chi connectivity index (χ3v) is 11.6. The van der Waals surface area contributed by atoms with Crippen LogP contribution in [-0.4, -0.2) is 84.4 Å². The molecule has 58 heavy (non-hydrogen) atoms. The van der Waals surface area contributed by atoms with E-state index in [2.05, 4.69) is 20.5 Å². The number of piperazine rings is 1. The first kappa shape index (κ1) is 39.0. The smallest absolute Gasteiger partial charge is 0.338 e. The van der Waals surface area contributed by atoms with E-state index >= 15 is 0 Å². The van der Waals surface area contributed by atoms with Crippen molar-refractivity contribution in [3.63, 3.8) is 0 Å². The lowest BCUT2D eigenvalue weighted by Crippen LogP contribution is -2.53. The minimum absolute atomic E-state index is 0.0869. The van der Waals surface area contributed by atoms with E-state index in [0.717, 1.165) is 11.3 Å². The van der Waals surface area contributed by atoms with Gasteiger partial charge in [-0.15, -0.1) is 11.3 Å². The first-order valence-electron chi connectivity index (χ1n) is 18.4. The molecule has 0 saturated carbocycles. The molecule has 2 fully saturated rings. The number of methoxy groups -OCH3 is 1. The van der Waals surface area contributed by atoms with Gasteiger partial charge in [-0.1, -0.05) is 47.5 Å². The Morgan fingerprint density at radius 2 is 1.72 bits per heavy atom. The van der Waals surface area contributed by atoms with E-state index in [0.29, 0.717) is 83.5 Å². The number of carbonyl (C=O) groups is 3. The van der Waals surface area contributed by atoms with Crippen molar-refractivity contribution in [1.29, 1.82) is 0 Å². The van der Waals surface area contributed by atoms with E-state index in [9.17, 15) is 18.8 Å². The van der Waals surface area contributed by atoms with Gasteiger partial charge in [0.15, 0.2) is 10.8 Å². The van der Waals surface area contributed by atoms with Crippen LogP contribution in [-0.2, 0) is 16.1 Å². The molecule has 3 aliphatic heterocycles. The number of rotatable bonds is 11. The van der Waals surface area contributed by atoms with Crippen LogP contribution in [0.15, 0.2) is 119 Å². The lowest BCUT2D eigenvalue weighted by Gasteiger charge is -2.38. The predicted octanol–water partition coefficient (Wildman–Crippen LogP) is 7.46. The average Bonchev–Trinajstić information content (AvgIpc) is 3.89. The molecule has 4 aromatic carbocycles. The van der Waals surface area contributed by atoms with Crippen molar-refractivity contribution in [2.75, 3.05) is 44.7 Å². The van der Waals surface area contributed by atoms with E-state index in [-0.39, 0.29) is 28.6 Å². The fraction of sp³-hybridized carbons (Fsp3) is 0.214. The molecule has 0 aliphatic carbocycles. The standard InChI is InChI=1S/C42H36Cl2FN7O5S/c1-56-41(54)36-35(48-38(40-46-16-19-58-40)49-37(36)32-15-8-27(45)20-34(32)44)24-50-17-18-51-29(22-50)23-52(42(51)55)28-9-13-31(14-10-28)57-30-11-6-25(7-12-30)39(53)47-21-26-4-2-3-5-33(26)43/h2-16,19-20,29,37H,17-18,21-24H2,1H3,(H,47,53)(H,48,49). The number of hydrogen-bond acceptors (Lipinski definition) is 10. The molecule has 0 spiro atoms. The van der Waals surface area contributed by atoms with Gasteiger partial charge in [0.25, 0.3) is 5.91 Å². The quantitative estimate of drug-likeness (QED) is 0.131. The topological polar surface area (TPSA) is 129 Å². The largest absolute Gasteiger partial charge is 0.466 e. The van der Waals surface area contributed by atoms with E-state index in [1.807, 2.05) is 40.6 Å². The molecule has 2 unspecified atom stereocenters. The Balaban J connectivity index is 0.924. The summed E-state index contributed by atoms with van der Waals surface area (Å²) in [6, 6.07) is 24.4. The fourth-order valence-corrected chi connectivity index (χ4v) is 8.31. The molecular formula is C42H36Cl2FN7O5S. The highest BCUT2D eigenvalue weighted by Crippen LogP contribution is 2.37. The number of anilines is 1. The van der Waals surface area contributed by atoms with Gasteiger partial charge in [-0.05, 0) is 72.3 Å². The van der Waals surface area contributed by atoms with Gasteiger partial charge in [0, 0.05) is 83.4 Å². The molecule has 16 heteroatoms. The van der Waals surface area contributed by atoms with Crippen molar-refractivity contribution in [2.24, 2.45) is 4.99 Å². The van der Waals surface area contributed by atoms with Gasteiger partial charge in [0.1, 0.15) is 23.4 Å². The number of aliphatic imine (C=N–C) groups is 1.